The Morgan fingerprint density at radius 2 is 1.97 bits per heavy atom. The molecule has 0 unspecified atom stereocenters. The molecule has 2 saturated carbocycles. The van der Waals surface area contributed by atoms with Gasteiger partial charge in [-0.3, -0.25) is 4.79 Å². The van der Waals surface area contributed by atoms with Gasteiger partial charge in [0.2, 0.25) is 5.88 Å². The van der Waals surface area contributed by atoms with Crippen LogP contribution in [0.2, 0.25) is 10.0 Å². The molecule has 4 aromatic rings. The minimum absolute atomic E-state index is 0.130. The van der Waals surface area contributed by atoms with E-state index in [0.29, 0.717) is 63.6 Å². The van der Waals surface area contributed by atoms with Crippen molar-refractivity contribution < 1.29 is 19.4 Å². The van der Waals surface area contributed by atoms with Crippen LogP contribution < -0.4 is 9.47 Å². The van der Waals surface area contributed by atoms with E-state index in [1.807, 2.05) is 41.0 Å². The van der Waals surface area contributed by atoms with Gasteiger partial charge in [-0.05, 0) is 68.5 Å². The van der Waals surface area contributed by atoms with Crippen molar-refractivity contribution in [2.45, 2.75) is 50.9 Å². The third kappa shape index (κ3) is 4.83. The molecule has 37 heavy (non-hydrogen) atoms. The Labute approximate surface area is 223 Å². The molecule has 10 heteroatoms. The topological polar surface area (TPSA) is 99.4 Å². The van der Waals surface area contributed by atoms with E-state index in [1.165, 1.54) is 6.33 Å². The summed E-state index contributed by atoms with van der Waals surface area (Å²) in [6, 6.07) is 13.1. The van der Waals surface area contributed by atoms with Crippen LogP contribution in [0.4, 0.5) is 0 Å². The molecular weight excluding hydrogens is 515 g/mol. The van der Waals surface area contributed by atoms with E-state index >= 15 is 0 Å². The van der Waals surface area contributed by atoms with Crippen molar-refractivity contribution in [3.63, 3.8) is 0 Å². The lowest BCUT2D eigenvalue weighted by molar-refractivity contribution is -0.147. The van der Waals surface area contributed by atoms with Crippen LogP contribution in [0.1, 0.15) is 38.2 Å². The van der Waals surface area contributed by atoms with Crippen LogP contribution in [-0.2, 0) is 11.3 Å². The molecule has 2 aliphatic carbocycles. The maximum Gasteiger partial charge on any atom is 0.306 e. The first-order valence-corrected chi connectivity index (χ1v) is 12.9. The highest BCUT2D eigenvalue weighted by Gasteiger charge is 2.41. The fourth-order valence-electron chi connectivity index (χ4n) is 4.48. The summed E-state index contributed by atoms with van der Waals surface area (Å²) in [5.74, 6) is 0.527. The predicted octanol–water partition coefficient (Wildman–Crippen LogP) is 6.02. The number of imidazole rings is 1. The first-order valence-electron chi connectivity index (χ1n) is 12.1. The number of hydrogen-bond donors (Lipinski definition) is 1. The van der Waals surface area contributed by atoms with Gasteiger partial charge >= 0.3 is 5.97 Å². The molecule has 0 saturated heterocycles. The number of rotatable bonds is 8. The van der Waals surface area contributed by atoms with E-state index in [4.69, 9.17) is 42.8 Å². The molecule has 0 amide bonds. The number of carboxylic acid groups (broad SMARTS) is 1. The van der Waals surface area contributed by atoms with Crippen LogP contribution >= 0.6 is 23.2 Å². The molecule has 0 bridgehead atoms. The van der Waals surface area contributed by atoms with Gasteiger partial charge in [0.15, 0.2) is 11.2 Å². The number of carbonyl (C=O) groups is 1. The number of carboxylic acids is 1. The van der Waals surface area contributed by atoms with Gasteiger partial charge < -0.3 is 19.1 Å². The van der Waals surface area contributed by atoms with Gasteiger partial charge in [0.05, 0.1) is 17.5 Å². The van der Waals surface area contributed by atoms with Crippen LogP contribution in [0, 0.1) is 5.92 Å². The quantitative estimate of drug-likeness (QED) is 0.292. The van der Waals surface area contributed by atoms with Crippen molar-refractivity contribution >= 4 is 40.3 Å². The summed E-state index contributed by atoms with van der Waals surface area (Å²) in [5.41, 5.74) is 2.66. The van der Waals surface area contributed by atoms with Gasteiger partial charge in [-0.1, -0.05) is 35.3 Å². The molecule has 2 aliphatic rings. The highest BCUT2D eigenvalue weighted by atomic mass is 35.5. The first kappa shape index (κ1) is 24.0. The van der Waals surface area contributed by atoms with Crippen LogP contribution in [0.5, 0.6) is 11.6 Å². The number of aliphatic carboxylic acids is 1. The lowest BCUT2D eigenvalue weighted by Gasteiger charge is -2.32. The fourth-order valence-corrected chi connectivity index (χ4v) is 4.95. The standard InChI is InChI=1S/C27H24Cl2N4O4/c1-27(7-8-27)37-25-22-24(30-14-31-25)33(13-15-3-2-4-17(28)9-15)23(32-22)20-6-5-18(12-21(20)29)36-19-10-16(11-19)26(34)35/h2-6,9,12,14,16,19H,7-8,10-11,13H2,1H3,(H,34,35). The SMILES string of the molecule is CC1(Oc2ncnc3c2nc(-c2ccc(OC4CC(C(=O)O)C4)cc2Cl)n3Cc2cccc(Cl)c2)CC1. The maximum atomic E-state index is 11.1. The van der Waals surface area contributed by atoms with E-state index in [0.717, 1.165) is 18.4 Å². The predicted molar refractivity (Wildman–Crippen MR) is 139 cm³/mol. The van der Waals surface area contributed by atoms with Gasteiger partial charge in [-0.25, -0.2) is 9.97 Å². The Kier molecular flexibility index (Phi) is 5.96. The number of fused-ring (bicyclic) bond motifs is 1. The minimum atomic E-state index is -0.783. The number of benzene rings is 2. The first-order chi connectivity index (χ1) is 17.8. The van der Waals surface area contributed by atoms with E-state index in [1.54, 1.807) is 6.07 Å². The average molecular weight is 539 g/mol. The van der Waals surface area contributed by atoms with E-state index in [2.05, 4.69) is 16.9 Å². The van der Waals surface area contributed by atoms with E-state index in [-0.39, 0.29) is 17.6 Å². The van der Waals surface area contributed by atoms with Crippen molar-refractivity contribution in [1.29, 1.82) is 0 Å². The lowest BCUT2D eigenvalue weighted by atomic mass is 9.82. The minimum Gasteiger partial charge on any atom is -0.490 e. The third-order valence-electron chi connectivity index (χ3n) is 6.95. The molecule has 0 spiro atoms. The number of halogens is 2. The molecular formula is C27H24Cl2N4O4. The molecule has 2 fully saturated rings. The number of aromatic nitrogens is 4. The molecule has 8 nitrogen and oxygen atoms in total. The van der Waals surface area contributed by atoms with E-state index in [9.17, 15) is 4.79 Å². The second-order valence-corrected chi connectivity index (χ2v) is 10.8. The zero-order chi connectivity index (χ0) is 25.7. The van der Waals surface area contributed by atoms with Crippen molar-refractivity contribution in [3.05, 3.63) is 64.4 Å². The van der Waals surface area contributed by atoms with Crippen molar-refractivity contribution in [1.82, 2.24) is 19.5 Å². The van der Waals surface area contributed by atoms with Crippen molar-refractivity contribution in [2.75, 3.05) is 0 Å². The van der Waals surface area contributed by atoms with Crippen molar-refractivity contribution in [2.24, 2.45) is 5.92 Å². The Bertz CT molecular complexity index is 1510. The zero-order valence-electron chi connectivity index (χ0n) is 20.0. The summed E-state index contributed by atoms with van der Waals surface area (Å²) in [6.07, 6.45) is 4.28. The summed E-state index contributed by atoms with van der Waals surface area (Å²) < 4.78 is 14.1. The van der Waals surface area contributed by atoms with Crippen molar-refractivity contribution in [3.8, 4) is 23.0 Å². The lowest BCUT2D eigenvalue weighted by Crippen LogP contribution is -2.38. The van der Waals surface area contributed by atoms with Crippen LogP contribution in [0.25, 0.3) is 22.6 Å². The number of hydrogen-bond acceptors (Lipinski definition) is 6. The van der Waals surface area contributed by atoms with Gasteiger partial charge in [0.1, 0.15) is 29.6 Å². The highest BCUT2D eigenvalue weighted by molar-refractivity contribution is 6.33. The maximum absolute atomic E-state index is 11.1. The zero-order valence-corrected chi connectivity index (χ0v) is 21.5. The highest BCUT2D eigenvalue weighted by Crippen LogP contribution is 2.42. The molecule has 190 valence electrons. The van der Waals surface area contributed by atoms with Crippen LogP contribution in [0.15, 0.2) is 48.8 Å². The molecule has 0 radical (unpaired) electrons. The Balaban J connectivity index is 1.38. The summed E-state index contributed by atoms with van der Waals surface area (Å²) in [6.45, 7) is 2.52. The second kappa shape index (κ2) is 9.19. The second-order valence-electron chi connectivity index (χ2n) is 9.94. The van der Waals surface area contributed by atoms with Gasteiger partial charge in [0, 0.05) is 10.6 Å². The Morgan fingerprint density at radius 3 is 2.68 bits per heavy atom. The molecule has 2 aromatic carbocycles. The fraction of sp³-hybridized carbons (Fsp3) is 0.333. The third-order valence-corrected chi connectivity index (χ3v) is 7.50. The van der Waals surface area contributed by atoms with Crippen LogP contribution in [-0.4, -0.2) is 42.3 Å². The Hall–Kier alpha value is -3.36. The van der Waals surface area contributed by atoms with Gasteiger partial charge in [0.25, 0.3) is 0 Å². The van der Waals surface area contributed by atoms with E-state index < -0.39 is 5.97 Å². The molecule has 0 aliphatic heterocycles. The van der Waals surface area contributed by atoms with Gasteiger partial charge in [-0.15, -0.1) is 0 Å². The number of ether oxygens (including phenoxy) is 2. The number of nitrogens with zero attached hydrogens (tertiary/aromatic N) is 4. The molecule has 2 heterocycles. The van der Waals surface area contributed by atoms with Gasteiger partial charge in [-0.2, -0.15) is 4.98 Å². The molecule has 2 aromatic heterocycles. The largest absolute Gasteiger partial charge is 0.490 e. The average Bonchev–Trinajstić information content (AvgIpc) is 3.44. The normalized spacial score (nSPS) is 19.9. The summed E-state index contributed by atoms with van der Waals surface area (Å²) >= 11 is 13.0. The molecule has 0 atom stereocenters. The molecule has 6 rings (SSSR count). The van der Waals surface area contributed by atoms with Crippen LogP contribution in [0.3, 0.4) is 0 Å². The smallest absolute Gasteiger partial charge is 0.306 e. The summed E-state index contributed by atoms with van der Waals surface area (Å²) in [4.78, 5) is 24.9. The monoisotopic (exact) mass is 538 g/mol. The summed E-state index contributed by atoms with van der Waals surface area (Å²) in [5, 5.41) is 10.2. The molecule has 1 N–H and O–H groups in total. The summed E-state index contributed by atoms with van der Waals surface area (Å²) in [7, 11) is 0. The Morgan fingerprint density at radius 1 is 1.16 bits per heavy atom.